The van der Waals surface area contributed by atoms with Crippen LogP contribution in [0.2, 0.25) is 0 Å². The van der Waals surface area contributed by atoms with Gasteiger partial charge >= 0.3 is 6.09 Å². The van der Waals surface area contributed by atoms with Gasteiger partial charge in [-0.3, -0.25) is 5.32 Å². The van der Waals surface area contributed by atoms with Crippen molar-refractivity contribution in [2.45, 2.75) is 39.2 Å². The zero-order chi connectivity index (χ0) is 16.9. The Labute approximate surface area is 137 Å². The third-order valence-electron chi connectivity index (χ3n) is 3.81. The van der Waals surface area contributed by atoms with E-state index in [1.165, 1.54) is 11.1 Å². The van der Waals surface area contributed by atoms with Gasteiger partial charge < -0.3 is 10.5 Å². The predicted molar refractivity (Wildman–Crippen MR) is 94.6 cm³/mol. The van der Waals surface area contributed by atoms with E-state index in [-0.39, 0.29) is 0 Å². The lowest BCUT2D eigenvalue weighted by atomic mass is 10.0. The SMILES string of the molecule is CCC(C)(C)OC(=O)Nc1ccc(Cc2ccc(N)cc2)cc1. The minimum atomic E-state index is -0.459. The fourth-order valence-corrected chi connectivity index (χ4v) is 2.04. The first-order chi connectivity index (χ1) is 10.9. The number of amides is 1. The van der Waals surface area contributed by atoms with Crippen LogP contribution in [0, 0.1) is 0 Å². The van der Waals surface area contributed by atoms with Crippen molar-refractivity contribution in [1.82, 2.24) is 0 Å². The highest BCUT2D eigenvalue weighted by molar-refractivity contribution is 5.84. The summed E-state index contributed by atoms with van der Waals surface area (Å²) in [5.74, 6) is 0. The van der Waals surface area contributed by atoms with E-state index in [0.717, 1.165) is 24.2 Å². The van der Waals surface area contributed by atoms with Crippen LogP contribution in [0.3, 0.4) is 0 Å². The normalized spacial score (nSPS) is 11.1. The first-order valence-corrected chi connectivity index (χ1v) is 7.81. The summed E-state index contributed by atoms with van der Waals surface area (Å²) in [6, 6.07) is 15.6. The topological polar surface area (TPSA) is 64.3 Å². The van der Waals surface area contributed by atoms with Crippen molar-refractivity contribution >= 4 is 17.5 Å². The molecule has 0 saturated carbocycles. The van der Waals surface area contributed by atoms with E-state index in [0.29, 0.717) is 0 Å². The maximum atomic E-state index is 11.8. The Morgan fingerprint density at radius 1 is 1.04 bits per heavy atom. The Morgan fingerprint density at radius 3 is 2.09 bits per heavy atom. The molecule has 122 valence electrons. The van der Waals surface area contributed by atoms with Crippen molar-refractivity contribution in [3.63, 3.8) is 0 Å². The molecule has 0 radical (unpaired) electrons. The van der Waals surface area contributed by atoms with E-state index in [9.17, 15) is 4.79 Å². The third kappa shape index (κ3) is 5.33. The number of ether oxygens (including phenoxy) is 1. The van der Waals surface area contributed by atoms with Crippen LogP contribution in [0.25, 0.3) is 0 Å². The molecule has 2 aromatic carbocycles. The van der Waals surface area contributed by atoms with E-state index in [1.807, 2.05) is 69.3 Å². The Balaban J connectivity index is 1.94. The lowest BCUT2D eigenvalue weighted by Crippen LogP contribution is -2.29. The van der Waals surface area contributed by atoms with E-state index in [2.05, 4.69) is 5.32 Å². The summed E-state index contributed by atoms with van der Waals surface area (Å²) in [7, 11) is 0. The molecule has 4 heteroatoms. The van der Waals surface area contributed by atoms with Crippen LogP contribution < -0.4 is 11.1 Å². The van der Waals surface area contributed by atoms with Gasteiger partial charge in [-0.2, -0.15) is 0 Å². The molecule has 0 heterocycles. The fraction of sp³-hybridized carbons (Fsp3) is 0.316. The number of hydrogen-bond acceptors (Lipinski definition) is 3. The number of hydrogen-bond donors (Lipinski definition) is 2. The molecule has 23 heavy (non-hydrogen) atoms. The molecule has 0 aromatic heterocycles. The number of rotatable bonds is 5. The predicted octanol–water partition coefficient (Wildman–Crippen LogP) is 4.60. The molecule has 0 fully saturated rings. The van der Waals surface area contributed by atoms with Gasteiger partial charge in [0.05, 0.1) is 0 Å². The molecule has 0 aliphatic carbocycles. The molecular formula is C19H24N2O2. The Morgan fingerprint density at radius 2 is 1.57 bits per heavy atom. The maximum absolute atomic E-state index is 11.8. The summed E-state index contributed by atoms with van der Waals surface area (Å²) in [4.78, 5) is 11.8. The molecule has 0 bridgehead atoms. The van der Waals surface area contributed by atoms with Crippen LogP contribution in [0.1, 0.15) is 38.3 Å². The average Bonchev–Trinajstić information content (AvgIpc) is 2.51. The van der Waals surface area contributed by atoms with Crippen LogP contribution in [-0.4, -0.2) is 11.7 Å². The first kappa shape index (κ1) is 16.9. The number of nitrogens with one attached hydrogen (secondary N) is 1. The second kappa shape index (κ2) is 7.18. The molecule has 3 N–H and O–H groups in total. The highest BCUT2D eigenvalue weighted by Gasteiger charge is 2.20. The second-order valence-corrected chi connectivity index (χ2v) is 6.24. The van der Waals surface area contributed by atoms with Crippen LogP contribution in [0.15, 0.2) is 48.5 Å². The fourth-order valence-electron chi connectivity index (χ4n) is 2.04. The molecule has 2 rings (SSSR count). The second-order valence-electron chi connectivity index (χ2n) is 6.24. The molecule has 0 unspecified atom stereocenters. The van der Waals surface area contributed by atoms with Gasteiger partial charge in [0.2, 0.25) is 0 Å². The van der Waals surface area contributed by atoms with Crippen molar-refractivity contribution in [2.75, 3.05) is 11.1 Å². The number of carbonyl (C=O) groups is 1. The quantitative estimate of drug-likeness (QED) is 0.793. The largest absolute Gasteiger partial charge is 0.443 e. The number of anilines is 2. The molecule has 0 aliphatic rings. The zero-order valence-electron chi connectivity index (χ0n) is 13.9. The minimum absolute atomic E-state index is 0.428. The third-order valence-corrected chi connectivity index (χ3v) is 3.81. The van der Waals surface area contributed by atoms with Crippen LogP contribution in [-0.2, 0) is 11.2 Å². The molecule has 0 atom stereocenters. The molecule has 0 aliphatic heterocycles. The Hall–Kier alpha value is -2.49. The zero-order valence-corrected chi connectivity index (χ0v) is 13.9. The van der Waals surface area contributed by atoms with E-state index >= 15 is 0 Å². The van der Waals surface area contributed by atoms with E-state index in [4.69, 9.17) is 10.5 Å². The molecule has 1 amide bonds. The van der Waals surface area contributed by atoms with Crippen molar-refractivity contribution in [3.05, 3.63) is 59.7 Å². The number of nitrogens with two attached hydrogens (primary N) is 1. The summed E-state index contributed by atoms with van der Waals surface area (Å²) >= 11 is 0. The van der Waals surface area contributed by atoms with Crippen LogP contribution in [0.5, 0.6) is 0 Å². The van der Waals surface area contributed by atoms with Crippen LogP contribution in [0.4, 0.5) is 16.2 Å². The summed E-state index contributed by atoms with van der Waals surface area (Å²) < 4.78 is 5.37. The van der Waals surface area contributed by atoms with Gasteiger partial charge in [-0.15, -0.1) is 0 Å². The van der Waals surface area contributed by atoms with Gasteiger partial charge in [0, 0.05) is 11.4 Å². The minimum Gasteiger partial charge on any atom is -0.443 e. The van der Waals surface area contributed by atoms with Gasteiger partial charge in [0.25, 0.3) is 0 Å². The maximum Gasteiger partial charge on any atom is 0.412 e. The van der Waals surface area contributed by atoms with Gasteiger partial charge in [-0.1, -0.05) is 31.2 Å². The van der Waals surface area contributed by atoms with E-state index in [1.54, 1.807) is 0 Å². The van der Waals surface area contributed by atoms with Gasteiger partial charge in [0.1, 0.15) is 5.60 Å². The summed E-state index contributed by atoms with van der Waals surface area (Å²) in [5, 5.41) is 2.75. The lowest BCUT2D eigenvalue weighted by Gasteiger charge is -2.23. The van der Waals surface area contributed by atoms with Crippen LogP contribution >= 0.6 is 0 Å². The van der Waals surface area contributed by atoms with Crippen molar-refractivity contribution in [3.8, 4) is 0 Å². The summed E-state index contributed by atoms with van der Waals surface area (Å²) in [6.45, 7) is 5.77. The standard InChI is InChI=1S/C19H24N2O2/c1-4-19(2,3)23-18(22)21-17-11-7-15(8-12-17)13-14-5-9-16(20)10-6-14/h5-12H,4,13,20H2,1-3H3,(H,21,22). The van der Waals surface area contributed by atoms with Gasteiger partial charge in [-0.05, 0) is 62.1 Å². The summed E-state index contributed by atoms with van der Waals surface area (Å²) in [6.07, 6.45) is 1.16. The van der Waals surface area contributed by atoms with E-state index < -0.39 is 11.7 Å². The highest BCUT2D eigenvalue weighted by Crippen LogP contribution is 2.17. The molecule has 4 nitrogen and oxygen atoms in total. The Kier molecular flexibility index (Phi) is 5.27. The first-order valence-electron chi connectivity index (χ1n) is 7.81. The smallest absolute Gasteiger partial charge is 0.412 e. The molecular weight excluding hydrogens is 288 g/mol. The monoisotopic (exact) mass is 312 g/mol. The molecule has 0 spiro atoms. The van der Waals surface area contributed by atoms with Gasteiger partial charge in [0.15, 0.2) is 0 Å². The Bertz CT molecular complexity index is 646. The number of carbonyl (C=O) groups excluding carboxylic acids is 1. The number of benzene rings is 2. The number of nitrogen functional groups attached to an aromatic ring is 1. The van der Waals surface area contributed by atoms with Crippen molar-refractivity contribution < 1.29 is 9.53 Å². The molecule has 0 saturated heterocycles. The highest BCUT2D eigenvalue weighted by atomic mass is 16.6. The van der Waals surface area contributed by atoms with Gasteiger partial charge in [-0.25, -0.2) is 4.79 Å². The van der Waals surface area contributed by atoms with Crippen molar-refractivity contribution in [1.29, 1.82) is 0 Å². The molecule has 2 aromatic rings. The summed E-state index contributed by atoms with van der Waals surface area (Å²) in [5.41, 5.74) is 9.09. The average molecular weight is 312 g/mol. The lowest BCUT2D eigenvalue weighted by molar-refractivity contribution is 0.0462. The van der Waals surface area contributed by atoms with Crippen molar-refractivity contribution in [2.24, 2.45) is 0 Å².